The van der Waals surface area contributed by atoms with Crippen LogP contribution < -0.4 is 10.2 Å². The first-order chi connectivity index (χ1) is 18.6. The largest absolute Gasteiger partial charge is 0.508 e. The third-order valence-corrected chi connectivity index (χ3v) is 6.50. The number of benzene rings is 2. The maximum absolute atomic E-state index is 13.6. The quantitative estimate of drug-likeness (QED) is 0.181. The first-order valence-electron chi connectivity index (χ1n) is 11.8. The summed E-state index contributed by atoms with van der Waals surface area (Å²) in [5.74, 6) is -1.79. The summed E-state index contributed by atoms with van der Waals surface area (Å²) < 4.78 is 28.1. The molecule has 2 saturated heterocycles. The van der Waals surface area contributed by atoms with Crippen molar-refractivity contribution < 1.29 is 64.2 Å². The average molecular weight is 550 g/mol. The van der Waals surface area contributed by atoms with Crippen molar-refractivity contribution in [1.29, 1.82) is 0 Å². The summed E-state index contributed by atoms with van der Waals surface area (Å²) >= 11 is 0. The lowest BCUT2D eigenvalue weighted by molar-refractivity contribution is -0.298. The van der Waals surface area contributed by atoms with Crippen molar-refractivity contribution in [3.8, 4) is 34.3 Å². The third-order valence-electron chi connectivity index (χ3n) is 6.50. The van der Waals surface area contributed by atoms with Crippen molar-refractivity contribution in [2.45, 2.75) is 49.2 Å². The molecule has 2 fully saturated rings. The second-order valence-corrected chi connectivity index (χ2v) is 9.16. The third kappa shape index (κ3) is 4.99. The Morgan fingerprint density at radius 3 is 2.31 bits per heavy atom. The molecule has 0 saturated carbocycles. The highest BCUT2D eigenvalue weighted by Crippen LogP contribution is 2.38. The van der Waals surface area contributed by atoms with Crippen molar-refractivity contribution in [1.82, 2.24) is 0 Å². The number of hydrogen-bond acceptors (Lipinski definition) is 14. The Kier molecular flexibility index (Phi) is 7.37. The van der Waals surface area contributed by atoms with Crippen LogP contribution in [0.4, 0.5) is 0 Å². The molecule has 39 heavy (non-hydrogen) atoms. The molecule has 14 nitrogen and oxygen atoms in total. The number of aliphatic hydroxyl groups excluding tert-OH is 5. The molecule has 8 N–H and O–H groups in total. The topological polar surface area (TPSA) is 229 Å². The van der Waals surface area contributed by atoms with Gasteiger partial charge in [-0.15, -0.1) is 0 Å². The van der Waals surface area contributed by atoms with Gasteiger partial charge in [0.25, 0.3) is 0 Å². The predicted octanol–water partition coefficient (Wildman–Crippen LogP) is -1.14. The molecule has 3 aromatic rings. The van der Waals surface area contributed by atoms with Crippen LogP contribution in [0.1, 0.15) is 0 Å². The van der Waals surface area contributed by atoms with Gasteiger partial charge in [-0.05, 0) is 24.3 Å². The Labute approximate surface area is 219 Å². The molecular formula is C25H26O14. The van der Waals surface area contributed by atoms with Crippen molar-refractivity contribution in [2.75, 3.05) is 13.2 Å². The molecule has 0 spiro atoms. The lowest BCUT2D eigenvalue weighted by Crippen LogP contribution is -2.56. The van der Waals surface area contributed by atoms with E-state index in [1.54, 1.807) is 0 Å². The Balaban J connectivity index is 1.57. The lowest BCUT2D eigenvalue weighted by atomic mass is 10.1. The molecular weight excluding hydrogens is 524 g/mol. The highest BCUT2D eigenvalue weighted by Gasteiger charge is 2.50. The molecule has 2 aliphatic heterocycles. The molecule has 0 radical (unpaired) electrons. The molecule has 210 valence electrons. The summed E-state index contributed by atoms with van der Waals surface area (Å²) in [6, 6.07) is 7.47. The highest BCUT2D eigenvalue weighted by atomic mass is 16.8. The van der Waals surface area contributed by atoms with Crippen LogP contribution in [0.15, 0.2) is 45.6 Å². The van der Waals surface area contributed by atoms with E-state index in [4.69, 9.17) is 23.4 Å². The van der Waals surface area contributed by atoms with Crippen LogP contribution >= 0.6 is 0 Å². The van der Waals surface area contributed by atoms with Gasteiger partial charge in [0.15, 0.2) is 18.2 Å². The zero-order chi connectivity index (χ0) is 28.0. The molecule has 2 aliphatic rings. The minimum Gasteiger partial charge on any atom is -0.508 e. The first-order valence-corrected chi connectivity index (χ1v) is 11.8. The minimum absolute atomic E-state index is 0.0838. The maximum Gasteiger partial charge on any atom is 0.239 e. The molecule has 1 aromatic heterocycles. The van der Waals surface area contributed by atoms with Crippen LogP contribution in [0.25, 0.3) is 22.3 Å². The molecule has 2 aromatic carbocycles. The molecule has 0 bridgehead atoms. The van der Waals surface area contributed by atoms with Gasteiger partial charge in [-0.1, -0.05) is 0 Å². The molecule has 0 amide bonds. The normalized spacial score (nSPS) is 31.0. The molecule has 14 heteroatoms. The van der Waals surface area contributed by atoms with Crippen LogP contribution in [0, 0.1) is 0 Å². The van der Waals surface area contributed by atoms with Crippen molar-refractivity contribution >= 4 is 11.0 Å². The number of aliphatic hydroxyl groups is 5. The average Bonchev–Trinajstić information content (AvgIpc) is 3.19. The fraction of sp³-hybridized carbons (Fsp3) is 0.400. The summed E-state index contributed by atoms with van der Waals surface area (Å²) in [6.07, 6.45) is -12.2. The van der Waals surface area contributed by atoms with Gasteiger partial charge in [-0.3, -0.25) is 4.79 Å². The molecule has 5 rings (SSSR count). The van der Waals surface area contributed by atoms with Crippen molar-refractivity contribution in [3.05, 3.63) is 46.6 Å². The van der Waals surface area contributed by atoms with E-state index in [1.165, 1.54) is 24.3 Å². The van der Waals surface area contributed by atoms with E-state index in [9.17, 15) is 45.6 Å². The van der Waals surface area contributed by atoms with Gasteiger partial charge >= 0.3 is 0 Å². The zero-order valence-corrected chi connectivity index (χ0v) is 20.0. The van der Waals surface area contributed by atoms with Crippen LogP contribution in [0.3, 0.4) is 0 Å². The SMILES string of the molecule is O=c1c(O[C@@H]2O[C@@H](CO)[C@H](O)[C@H]2O[C@@H]2OC[C@@H](O)[C@H](O)[C@H]2O)c(-c2ccc(O)cc2)oc2cc(O)cc(O)c12. The number of aromatic hydroxyl groups is 3. The number of rotatable bonds is 6. The number of ether oxygens (including phenoxy) is 4. The monoisotopic (exact) mass is 550 g/mol. The van der Waals surface area contributed by atoms with E-state index in [-0.39, 0.29) is 33.8 Å². The van der Waals surface area contributed by atoms with Crippen molar-refractivity contribution in [3.63, 3.8) is 0 Å². The summed E-state index contributed by atoms with van der Waals surface area (Å²) in [7, 11) is 0. The van der Waals surface area contributed by atoms with Gasteiger partial charge in [0.05, 0.1) is 13.2 Å². The number of hydrogen-bond donors (Lipinski definition) is 8. The minimum atomic E-state index is -1.72. The van der Waals surface area contributed by atoms with Crippen LogP contribution in [-0.4, -0.2) is 103 Å². The molecule has 8 atom stereocenters. The number of phenolic OH excluding ortho intramolecular Hbond substituents is 3. The van der Waals surface area contributed by atoms with E-state index in [2.05, 4.69) is 0 Å². The van der Waals surface area contributed by atoms with E-state index in [1.807, 2.05) is 0 Å². The Bertz CT molecular complexity index is 1390. The second-order valence-electron chi connectivity index (χ2n) is 9.16. The fourth-order valence-electron chi connectivity index (χ4n) is 4.44. The summed E-state index contributed by atoms with van der Waals surface area (Å²) in [4.78, 5) is 13.6. The maximum atomic E-state index is 13.6. The van der Waals surface area contributed by atoms with E-state index in [0.717, 1.165) is 12.1 Å². The van der Waals surface area contributed by atoms with Gasteiger partial charge in [0.2, 0.25) is 17.5 Å². The Morgan fingerprint density at radius 1 is 0.897 bits per heavy atom. The Morgan fingerprint density at radius 2 is 1.62 bits per heavy atom. The van der Waals surface area contributed by atoms with E-state index in [0.29, 0.717) is 0 Å². The van der Waals surface area contributed by atoms with E-state index < -0.39 is 79.3 Å². The fourth-order valence-corrected chi connectivity index (χ4v) is 4.44. The van der Waals surface area contributed by atoms with Gasteiger partial charge in [0, 0.05) is 17.7 Å². The smallest absolute Gasteiger partial charge is 0.239 e. The number of fused-ring (bicyclic) bond motifs is 1. The zero-order valence-electron chi connectivity index (χ0n) is 20.0. The number of phenols is 3. The molecule has 3 heterocycles. The summed E-state index contributed by atoms with van der Waals surface area (Å²) in [6.45, 7) is -1.08. The highest BCUT2D eigenvalue weighted by molar-refractivity contribution is 5.88. The molecule has 0 unspecified atom stereocenters. The van der Waals surface area contributed by atoms with Gasteiger partial charge in [-0.25, -0.2) is 0 Å². The predicted molar refractivity (Wildman–Crippen MR) is 128 cm³/mol. The summed E-state index contributed by atoms with van der Waals surface area (Å²) in [5, 5.41) is 80.0. The lowest BCUT2D eigenvalue weighted by Gasteiger charge is -2.37. The standard InChI is InChI=1S/C25H26O14/c26-7-15-18(32)23(39-24-20(34)17(31)13(30)8-35-24)25(37-15)38-22-19(33)16-12(29)5-11(28)6-14(16)36-21(22)9-1-3-10(27)4-2-9/h1-6,13,15,17-18,20,23-32,34H,7-8H2/t13-,15+,17+,18+,20-,23-,24+,25+/m1/s1. The first kappa shape index (κ1) is 27.1. The van der Waals surface area contributed by atoms with Crippen LogP contribution in [0.2, 0.25) is 0 Å². The van der Waals surface area contributed by atoms with Gasteiger partial charge in [-0.2, -0.15) is 0 Å². The van der Waals surface area contributed by atoms with Crippen molar-refractivity contribution in [2.24, 2.45) is 0 Å². The second kappa shape index (κ2) is 10.6. The van der Waals surface area contributed by atoms with E-state index >= 15 is 0 Å². The molecule has 0 aliphatic carbocycles. The van der Waals surface area contributed by atoms with Gasteiger partial charge in [0.1, 0.15) is 58.7 Å². The summed E-state index contributed by atoms with van der Waals surface area (Å²) in [5.41, 5.74) is -0.844. The van der Waals surface area contributed by atoms with Gasteiger partial charge < -0.3 is 64.2 Å². The van der Waals surface area contributed by atoms with Crippen LogP contribution in [-0.2, 0) is 14.2 Å². The Hall–Kier alpha value is -3.47. The van der Waals surface area contributed by atoms with Crippen LogP contribution in [0.5, 0.6) is 23.0 Å².